The number of hydrogen-bond donors (Lipinski definition) is 0. The maximum atomic E-state index is 12.9. The molecule has 0 radical (unpaired) electrons. The second-order valence-electron chi connectivity index (χ2n) is 8.65. The van der Waals surface area contributed by atoms with Crippen LogP contribution < -0.4 is 0 Å². The molecule has 6 nitrogen and oxygen atoms in total. The number of amides is 3. The third-order valence-corrected chi connectivity index (χ3v) is 5.10. The van der Waals surface area contributed by atoms with E-state index in [1.807, 2.05) is 49.3 Å². The molecule has 0 aromatic rings. The summed E-state index contributed by atoms with van der Waals surface area (Å²) >= 11 is 0. The van der Waals surface area contributed by atoms with Crippen molar-refractivity contribution >= 4 is 17.7 Å². The Labute approximate surface area is 151 Å². The van der Waals surface area contributed by atoms with E-state index < -0.39 is 5.41 Å². The zero-order valence-electron chi connectivity index (χ0n) is 16.4. The van der Waals surface area contributed by atoms with Crippen LogP contribution in [-0.4, -0.2) is 71.7 Å². The molecule has 25 heavy (non-hydrogen) atoms. The van der Waals surface area contributed by atoms with Crippen LogP contribution in [0.15, 0.2) is 0 Å². The molecule has 2 rings (SSSR count). The number of piperidine rings is 1. The number of nitrogens with zero attached hydrogens (tertiary/aromatic N) is 3. The summed E-state index contributed by atoms with van der Waals surface area (Å²) in [6.45, 7) is 13.3. The molecule has 6 heteroatoms. The molecule has 1 unspecified atom stereocenters. The first-order valence-corrected chi connectivity index (χ1v) is 9.48. The van der Waals surface area contributed by atoms with Gasteiger partial charge in [0.2, 0.25) is 17.7 Å². The maximum absolute atomic E-state index is 12.9. The summed E-state index contributed by atoms with van der Waals surface area (Å²) in [5, 5.41) is 0. The van der Waals surface area contributed by atoms with E-state index in [9.17, 15) is 14.4 Å². The Morgan fingerprint density at radius 1 is 0.880 bits per heavy atom. The first kappa shape index (κ1) is 19.7. The largest absolute Gasteiger partial charge is 0.341 e. The van der Waals surface area contributed by atoms with Crippen molar-refractivity contribution in [3.05, 3.63) is 0 Å². The number of carbonyl (C=O) groups excluding carboxylic acids is 3. The van der Waals surface area contributed by atoms with Crippen LogP contribution in [0.2, 0.25) is 0 Å². The monoisotopic (exact) mass is 351 g/mol. The molecular formula is C19H33N3O3. The van der Waals surface area contributed by atoms with E-state index in [-0.39, 0.29) is 29.6 Å². The summed E-state index contributed by atoms with van der Waals surface area (Å²) in [6, 6.07) is 0. The molecule has 0 saturated carbocycles. The molecule has 2 aliphatic heterocycles. The fourth-order valence-corrected chi connectivity index (χ4v) is 3.61. The molecule has 0 aromatic heterocycles. The minimum atomic E-state index is -0.409. The van der Waals surface area contributed by atoms with Gasteiger partial charge >= 0.3 is 0 Å². The topological polar surface area (TPSA) is 60.9 Å². The van der Waals surface area contributed by atoms with Crippen LogP contribution in [0.3, 0.4) is 0 Å². The smallest absolute Gasteiger partial charge is 0.227 e. The number of piperazine rings is 1. The average molecular weight is 351 g/mol. The fraction of sp³-hybridized carbons (Fsp3) is 0.842. The van der Waals surface area contributed by atoms with Crippen molar-refractivity contribution in [2.24, 2.45) is 17.3 Å². The van der Waals surface area contributed by atoms with Crippen LogP contribution in [0.1, 0.15) is 47.5 Å². The average Bonchev–Trinajstić information content (AvgIpc) is 2.59. The molecule has 0 aromatic carbocycles. The summed E-state index contributed by atoms with van der Waals surface area (Å²) in [5.74, 6) is 0.317. The molecule has 3 amide bonds. The van der Waals surface area contributed by atoms with Crippen LogP contribution in [0.4, 0.5) is 0 Å². The lowest BCUT2D eigenvalue weighted by atomic mass is 9.90. The van der Waals surface area contributed by atoms with Crippen LogP contribution in [0, 0.1) is 17.3 Å². The maximum Gasteiger partial charge on any atom is 0.227 e. The third kappa shape index (κ3) is 4.73. The molecule has 0 spiro atoms. The summed E-state index contributed by atoms with van der Waals surface area (Å²) < 4.78 is 0. The van der Waals surface area contributed by atoms with Gasteiger partial charge in [0, 0.05) is 50.6 Å². The number of carbonyl (C=O) groups is 3. The van der Waals surface area contributed by atoms with Gasteiger partial charge in [0.15, 0.2) is 0 Å². The van der Waals surface area contributed by atoms with E-state index in [1.165, 1.54) is 0 Å². The second-order valence-corrected chi connectivity index (χ2v) is 8.65. The molecular weight excluding hydrogens is 318 g/mol. The molecule has 0 aliphatic carbocycles. The number of rotatable bonds is 2. The number of likely N-dealkylation sites (tertiary alicyclic amines) is 1. The van der Waals surface area contributed by atoms with Gasteiger partial charge in [-0.25, -0.2) is 0 Å². The van der Waals surface area contributed by atoms with Gasteiger partial charge in [-0.15, -0.1) is 0 Å². The van der Waals surface area contributed by atoms with Gasteiger partial charge in [-0.05, 0) is 12.8 Å². The predicted molar refractivity (Wildman–Crippen MR) is 96.8 cm³/mol. The lowest BCUT2D eigenvalue weighted by Gasteiger charge is -2.40. The Morgan fingerprint density at radius 2 is 1.44 bits per heavy atom. The van der Waals surface area contributed by atoms with Crippen molar-refractivity contribution in [3.8, 4) is 0 Å². The Morgan fingerprint density at radius 3 is 1.96 bits per heavy atom. The van der Waals surface area contributed by atoms with Crippen LogP contribution >= 0.6 is 0 Å². The minimum absolute atomic E-state index is 0.00225. The van der Waals surface area contributed by atoms with Crippen molar-refractivity contribution in [2.45, 2.75) is 47.5 Å². The van der Waals surface area contributed by atoms with Gasteiger partial charge in [0.05, 0.1) is 5.92 Å². The van der Waals surface area contributed by atoms with E-state index >= 15 is 0 Å². The summed E-state index contributed by atoms with van der Waals surface area (Å²) in [5.41, 5.74) is -0.409. The lowest BCUT2D eigenvalue weighted by Crippen LogP contribution is -2.55. The highest BCUT2D eigenvalue weighted by Crippen LogP contribution is 2.25. The molecule has 0 N–H and O–H groups in total. The zero-order chi connectivity index (χ0) is 18.8. The van der Waals surface area contributed by atoms with Crippen molar-refractivity contribution < 1.29 is 14.4 Å². The van der Waals surface area contributed by atoms with Crippen molar-refractivity contribution in [1.82, 2.24) is 14.7 Å². The molecule has 2 aliphatic rings. The van der Waals surface area contributed by atoms with E-state index in [0.717, 1.165) is 19.4 Å². The van der Waals surface area contributed by atoms with Gasteiger partial charge in [-0.2, -0.15) is 0 Å². The van der Waals surface area contributed by atoms with Gasteiger partial charge < -0.3 is 14.7 Å². The van der Waals surface area contributed by atoms with Crippen LogP contribution in [-0.2, 0) is 14.4 Å². The van der Waals surface area contributed by atoms with Gasteiger partial charge in [0.1, 0.15) is 0 Å². The SMILES string of the molecule is CC(C)C(=O)N1CCN(C(=O)C2CCCN(C(=O)C(C)(C)C)C2)CC1. The standard InChI is InChI=1S/C19H33N3O3/c1-14(2)16(23)20-9-11-21(12-10-20)17(24)15-7-6-8-22(13-15)18(25)19(3,4)5/h14-15H,6-13H2,1-5H3. The van der Waals surface area contributed by atoms with Crippen molar-refractivity contribution in [1.29, 1.82) is 0 Å². The van der Waals surface area contributed by atoms with Crippen molar-refractivity contribution in [2.75, 3.05) is 39.3 Å². The highest BCUT2D eigenvalue weighted by atomic mass is 16.2. The van der Waals surface area contributed by atoms with Gasteiger partial charge in [-0.3, -0.25) is 14.4 Å². The lowest BCUT2D eigenvalue weighted by molar-refractivity contribution is -0.148. The number of hydrogen-bond acceptors (Lipinski definition) is 3. The summed E-state index contributed by atoms with van der Waals surface area (Å²) in [4.78, 5) is 43.0. The minimum Gasteiger partial charge on any atom is -0.341 e. The fourth-order valence-electron chi connectivity index (χ4n) is 3.61. The van der Waals surface area contributed by atoms with Gasteiger partial charge in [-0.1, -0.05) is 34.6 Å². The normalized spacial score (nSPS) is 22.3. The van der Waals surface area contributed by atoms with Crippen LogP contribution in [0.5, 0.6) is 0 Å². The highest BCUT2D eigenvalue weighted by molar-refractivity contribution is 5.84. The third-order valence-electron chi connectivity index (χ3n) is 5.10. The Kier molecular flexibility index (Phi) is 6.12. The van der Waals surface area contributed by atoms with E-state index in [1.54, 1.807) is 0 Å². The van der Waals surface area contributed by atoms with E-state index in [0.29, 0.717) is 32.7 Å². The summed E-state index contributed by atoms with van der Waals surface area (Å²) in [7, 11) is 0. The molecule has 2 saturated heterocycles. The summed E-state index contributed by atoms with van der Waals surface area (Å²) in [6.07, 6.45) is 1.72. The molecule has 0 bridgehead atoms. The molecule has 2 heterocycles. The second kappa shape index (κ2) is 7.75. The Hall–Kier alpha value is -1.59. The highest BCUT2D eigenvalue weighted by Gasteiger charge is 2.36. The van der Waals surface area contributed by atoms with E-state index in [4.69, 9.17) is 0 Å². The molecule has 1 atom stereocenters. The zero-order valence-corrected chi connectivity index (χ0v) is 16.4. The Balaban J connectivity index is 1.91. The molecule has 142 valence electrons. The molecule has 2 fully saturated rings. The quantitative estimate of drug-likeness (QED) is 0.759. The van der Waals surface area contributed by atoms with E-state index in [2.05, 4.69) is 0 Å². The predicted octanol–water partition coefficient (Wildman–Crippen LogP) is 1.60. The first-order chi connectivity index (χ1) is 11.6. The van der Waals surface area contributed by atoms with Crippen molar-refractivity contribution in [3.63, 3.8) is 0 Å². The first-order valence-electron chi connectivity index (χ1n) is 9.48. The van der Waals surface area contributed by atoms with Gasteiger partial charge in [0.25, 0.3) is 0 Å². The Bertz CT molecular complexity index is 516. The van der Waals surface area contributed by atoms with Crippen LogP contribution in [0.25, 0.3) is 0 Å².